The van der Waals surface area contributed by atoms with Gasteiger partial charge in [-0.1, -0.05) is 232 Å². The van der Waals surface area contributed by atoms with Crippen LogP contribution in [0.15, 0.2) is 394 Å². The molecule has 1 aromatic heterocycles. The summed E-state index contributed by atoms with van der Waals surface area (Å²) in [6.45, 7) is 7.81. The second kappa shape index (κ2) is 27.1. The van der Waals surface area contributed by atoms with E-state index in [1.807, 2.05) is 121 Å². The summed E-state index contributed by atoms with van der Waals surface area (Å²) in [6, 6.07) is 129. The molecule has 0 fully saturated rings. The van der Waals surface area contributed by atoms with Crippen LogP contribution in [0.4, 0.5) is 42.9 Å². The number of hydrogen-bond acceptors (Lipinski definition) is 5. The number of ether oxygens (including phenoxy) is 2. The molecular weight excluding hydrogens is 1340 g/mol. The Kier molecular flexibility index (Phi) is 16.3. The van der Waals surface area contributed by atoms with Gasteiger partial charge < -0.3 is 23.7 Å². The molecule has 0 aliphatic heterocycles. The Morgan fingerprint density at radius 3 is 0.972 bits per heavy atom. The van der Waals surface area contributed by atoms with E-state index in [9.17, 15) is 0 Å². The highest BCUT2D eigenvalue weighted by Crippen LogP contribution is 2.59. The van der Waals surface area contributed by atoms with Gasteiger partial charge in [-0.15, -0.1) is 0 Å². The molecular formula is C102H68F2N2O3. The van der Waals surface area contributed by atoms with E-state index in [1.165, 1.54) is 0 Å². The van der Waals surface area contributed by atoms with Gasteiger partial charge in [0.1, 0.15) is 45.8 Å². The fourth-order valence-corrected chi connectivity index (χ4v) is 16.8. The maximum absolute atomic E-state index is 15.1. The average Bonchev–Trinajstić information content (AvgIpc) is 1.55. The van der Waals surface area contributed by atoms with Gasteiger partial charge in [0.2, 0.25) is 0 Å². The molecule has 0 radical (unpaired) electrons. The van der Waals surface area contributed by atoms with Crippen molar-refractivity contribution in [3.63, 3.8) is 0 Å². The monoisotopic (exact) mass is 1410 g/mol. The number of fused-ring (bicyclic) bond motifs is 9. The van der Waals surface area contributed by atoms with Crippen molar-refractivity contribution >= 4 is 68.2 Å². The number of nitrogens with zero attached hydrogens (tertiary/aromatic N) is 2. The van der Waals surface area contributed by atoms with Crippen molar-refractivity contribution in [3.8, 4) is 67.5 Å². The molecule has 19 rings (SSSR count). The van der Waals surface area contributed by atoms with Crippen LogP contribution in [-0.4, -0.2) is 0 Å². The molecule has 518 valence electrons. The number of rotatable bonds is 18. The summed E-state index contributed by atoms with van der Waals surface area (Å²) in [5.74, 6) is 2.27. The Bertz CT molecular complexity index is 5950. The molecule has 17 aromatic rings. The lowest BCUT2D eigenvalue weighted by Gasteiger charge is -2.34. The molecule has 1 heterocycles. The van der Waals surface area contributed by atoms with Crippen LogP contribution >= 0.6 is 0 Å². The first-order chi connectivity index (χ1) is 53.7. The van der Waals surface area contributed by atoms with Gasteiger partial charge in [0.15, 0.2) is 0 Å². The summed E-state index contributed by atoms with van der Waals surface area (Å²) in [7, 11) is 0. The van der Waals surface area contributed by atoms with E-state index in [1.54, 1.807) is 24.3 Å². The SMILES string of the molecule is C=Cc1ccc(Oc2ccc(C3(c4ccc(F)cc4)c4ccccc4-c4ccc(-c5cccc(N(c6ccccc6)c6ccc7c(c6)oc6cc(N(c8ccccc8)c8cccc(-c9ccc%10c(c9)C(c9ccc(F)cc9)(c9ccc(Oc%11ccc(C=C)cc%11)cc9)c9ccccc9-%10)c8)ccc67)c5)cc43)cc2)cc1. The predicted molar refractivity (Wildman–Crippen MR) is 442 cm³/mol. The highest BCUT2D eigenvalue weighted by Gasteiger charge is 2.48. The van der Waals surface area contributed by atoms with Crippen molar-refractivity contribution in [1.82, 2.24) is 0 Å². The number of para-hydroxylation sites is 2. The maximum atomic E-state index is 15.1. The Balaban J connectivity index is 0.670. The summed E-state index contributed by atoms with van der Waals surface area (Å²) in [6.07, 6.45) is 3.63. The second-order valence-electron chi connectivity index (χ2n) is 27.8. The van der Waals surface area contributed by atoms with Crippen LogP contribution in [0.1, 0.15) is 55.6 Å². The van der Waals surface area contributed by atoms with Crippen LogP contribution in [0.3, 0.4) is 0 Å². The number of furan rings is 1. The minimum atomic E-state index is -0.809. The first kappa shape index (κ1) is 65.6. The first-order valence-electron chi connectivity index (χ1n) is 36.6. The van der Waals surface area contributed by atoms with Crippen LogP contribution in [-0.2, 0) is 10.8 Å². The van der Waals surface area contributed by atoms with Gasteiger partial charge in [-0.25, -0.2) is 8.78 Å². The van der Waals surface area contributed by atoms with Crippen molar-refractivity contribution in [3.05, 3.63) is 457 Å². The topological polar surface area (TPSA) is 38.1 Å². The number of hydrogen-bond donors (Lipinski definition) is 0. The minimum Gasteiger partial charge on any atom is -0.457 e. The van der Waals surface area contributed by atoms with Gasteiger partial charge in [0.05, 0.1) is 10.8 Å². The quantitative estimate of drug-likeness (QED) is 0.0856. The van der Waals surface area contributed by atoms with Crippen molar-refractivity contribution in [2.24, 2.45) is 0 Å². The summed E-state index contributed by atoms with van der Waals surface area (Å²) in [4.78, 5) is 4.58. The molecule has 2 aliphatic carbocycles. The highest BCUT2D eigenvalue weighted by molar-refractivity contribution is 6.07. The van der Waals surface area contributed by atoms with Crippen LogP contribution in [0.5, 0.6) is 23.0 Å². The van der Waals surface area contributed by atoms with Crippen LogP contribution in [0.2, 0.25) is 0 Å². The second-order valence-corrected chi connectivity index (χ2v) is 27.8. The Morgan fingerprint density at radius 2 is 0.587 bits per heavy atom. The van der Waals surface area contributed by atoms with Gasteiger partial charge >= 0.3 is 0 Å². The molecule has 0 saturated carbocycles. The normalized spacial score (nSPS) is 14.5. The minimum absolute atomic E-state index is 0.295. The first-order valence-corrected chi connectivity index (χ1v) is 36.6. The van der Waals surface area contributed by atoms with Crippen molar-refractivity contribution in [2.75, 3.05) is 9.80 Å². The molecule has 2 unspecified atom stereocenters. The van der Waals surface area contributed by atoms with Crippen LogP contribution in [0, 0.1) is 11.6 Å². The van der Waals surface area contributed by atoms with Crippen molar-refractivity contribution < 1.29 is 22.7 Å². The molecule has 0 amide bonds. The van der Waals surface area contributed by atoms with Crippen LogP contribution in [0.25, 0.3) is 78.6 Å². The van der Waals surface area contributed by atoms with E-state index < -0.39 is 10.8 Å². The zero-order chi connectivity index (χ0) is 73.2. The summed E-state index contributed by atoms with van der Waals surface area (Å²) >= 11 is 0. The molecule has 5 nitrogen and oxygen atoms in total. The molecule has 0 N–H and O–H groups in total. The molecule has 7 heteroatoms. The Labute approximate surface area is 631 Å². The van der Waals surface area contributed by atoms with E-state index >= 15 is 8.78 Å². The zero-order valence-corrected chi connectivity index (χ0v) is 59.2. The molecule has 2 aliphatic rings. The third-order valence-corrected chi connectivity index (χ3v) is 21.8. The van der Waals surface area contributed by atoms with E-state index in [4.69, 9.17) is 13.9 Å². The summed E-state index contributed by atoms with van der Waals surface area (Å²) in [5, 5.41) is 2.00. The maximum Gasteiger partial charge on any atom is 0.137 e. The Morgan fingerprint density at radius 1 is 0.266 bits per heavy atom. The Hall–Kier alpha value is -14.1. The van der Waals surface area contributed by atoms with Gasteiger partial charge in [0.25, 0.3) is 0 Å². The van der Waals surface area contributed by atoms with Gasteiger partial charge in [-0.2, -0.15) is 0 Å². The lowest BCUT2D eigenvalue weighted by atomic mass is 9.67. The largest absolute Gasteiger partial charge is 0.457 e. The smallest absolute Gasteiger partial charge is 0.137 e. The third-order valence-electron chi connectivity index (χ3n) is 21.8. The standard InChI is InChI=1S/C102H68F2N2O3/c1-3-67-29-49-85(50-30-67)107-87-53-39-75(40-54-87)101(73-35-43-77(103)44-36-73)95-27-13-11-25-89(95)91-57-33-71(63-97(91)101)69-17-15-23-81(61-69)105(79-19-7-5-8-20-79)83-47-59-93-94-60-48-84(66-100(94)109-99(93)65-83)106(80-21-9-6-10-22-80)82-24-16-18-70(62-82)72-34-58-92-90-26-12-14-28-96(90)102(98(92)64-72,74-37-45-78(104)46-38-74)76-41-55-88(56-42-76)108-86-51-31-68(4-2)32-52-86/h3-66H,1-2H2. The molecule has 0 saturated heterocycles. The summed E-state index contributed by atoms with van der Waals surface area (Å²) in [5.41, 5.74) is 24.7. The van der Waals surface area contributed by atoms with E-state index in [-0.39, 0.29) is 11.6 Å². The zero-order valence-electron chi connectivity index (χ0n) is 59.2. The van der Waals surface area contributed by atoms with E-state index in [2.05, 4.69) is 266 Å². The molecule has 109 heavy (non-hydrogen) atoms. The van der Waals surface area contributed by atoms with Gasteiger partial charge in [0, 0.05) is 57.0 Å². The highest BCUT2D eigenvalue weighted by atomic mass is 19.1. The molecule has 2 atom stereocenters. The predicted octanol–water partition coefficient (Wildman–Crippen LogP) is 27.7. The lowest BCUT2D eigenvalue weighted by molar-refractivity contribution is 0.482. The fourth-order valence-electron chi connectivity index (χ4n) is 16.8. The number of halogens is 2. The van der Waals surface area contributed by atoms with Crippen molar-refractivity contribution in [1.29, 1.82) is 0 Å². The molecule has 16 aromatic carbocycles. The third kappa shape index (κ3) is 11.4. The molecule has 0 bridgehead atoms. The van der Waals surface area contributed by atoms with Crippen molar-refractivity contribution in [2.45, 2.75) is 10.8 Å². The summed E-state index contributed by atoms with van der Waals surface area (Å²) < 4.78 is 50.1. The van der Waals surface area contributed by atoms with E-state index in [0.29, 0.717) is 11.5 Å². The number of benzene rings is 16. The lowest BCUT2D eigenvalue weighted by Crippen LogP contribution is -2.28. The molecule has 0 spiro atoms. The van der Waals surface area contributed by atoms with E-state index in [0.717, 1.165) is 168 Å². The number of anilines is 6. The van der Waals surface area contributed by atoms with Gasteiger partial charge in [-0.3, -0.25) is 0 Å². The van der Waals surface area contributed by atoms with Crippen LogP contribution < -0.4 is 19.3 Å². The fraction of sp³-hybridized carbons (Fsp3) is 0.0196. The average molecular weight is 1410 g/mol. The van der Waals surface area contributed by atoms with Gasteiger partial charge in [-0.05, 0) is 258 Å².